The van der Waals surface area contributed by atoms with Crippen molar-refractivity contribution in [3.05, 3.63) is 35.8 Å². The smallest absolute Gasteiger partial charge is 0.407 e. The third-order valence-electron chi connectivity index (χ3n) is 4.36. The number of H-pyrrole nitrogens is 1. The number of carbonyl (C=O) groups excluding carboxylic acids is 1. The lowest BCUT2D eigenvalue weighted by molar-refractivity contribution is 0.0937. The van der Waals surface area contributed by atoms with Crippen LogP contribution in [0.15, 0.2) is 24.4 Å². The zero-order chi connectivity index (χ0) is 18.7. The number of nitrogens with one attached hydrogen (secondary N) is 3. The SMILES string of the molecule is Cc1ccc(Nc2cc([C@H]3CC[C@@H](OC(=O)NC(C)(C)C)C3)[nH]n2)cn1. The summed E-state index contributed by atoms with van der Waals surface area (Å²) < 4.78 is 5.54. The van der Waals surface area contributed by atoms with E-state index in [0.29, 0.717) is 5.92 Å². The number of anilines is 2. The van der Waals surface area contributed by atoms with Gasteiger partial charge >= 0.3 is 6.09 Å². The van der Waals surface area contributed by atoms with Gasteiger partial charge in [0.15, 0.2) is 5.82 Å². The first kappa shape index (κ1) is 18.2. The molecule has 2 atom stereocenters. The number of aromatic amines is 1. The number of hydrogen-bond donors (Lipinski definition) is 3. The van der Waals surface area contributed by atoms with Gasteiger partial charge in [0.1, 0.15) is 6.10 Å². The molecule has 2 heterocycles. The summed E-state index contributed by atoms with van der Waals surface area (Å²) in [5, 5.41) is 13.5. The van der Waals surface area contributed by atoms with E-state index in [2.05, 4.69) is 25.8 Å². The fraction of sp³-hybridized carbons (Fsp3) is 0.526. The van der Waals surface area contributed by atoms with Gasteiger partial charge in [-0.3, -0.25) is 10.1 Å². The number of aromatic nitrogens is 3. The Bertz CT molecular complexity index is 748. The van der Waals surface area contributed by atoms with Crippen molar-refractivity contribution in [3.8, 4) is 0 Å². The van der Waals surface area contributed by atoms with E-state index in [9.17, 15) is 4.79 Å². The van der Waals surface area contributed by atoms with Crippen LogP contribution in [0.5, 0.6) is 0 Å². The number of aryl methyl sites for hydroxylation is 1. The molecule has 3 N–H and O–H groups in total. The van der Waals surface area contributed by atoms with Gasteiger partial charge in [-0.05, 0) is 59.1 Å². The lowest BCUT2D eigenvalue weighted by Gasteiger charge is -2.22. The predicted octanol–water partition coefficient (Wildman–Crippen LogP) is 4.02. The summed E-state index contributed by atoms with van der Waals surface area (Å²) in [7, 11) is 0. The lowest BCUT2D eigenvalue weighted by atomic mass is 10.0. The molecule has 0 unspecified atom stereocenters. The van der Waals surface area contributed by atoms with Crippen molar-refractivity contribution in [2.45, 2.75) is 64.5 Å². The van der Waals surface area contributed by atoms with Crippen LogP contribution in [-0.4, -0.2) is 32.9 Å². The van der Waals surface area contributed by atoms with Crippen LogP contribution >= 0.6 is 0 Å². The minimum absolute atomic E-state index is 0.0524. The molecular formula is C19H27N5O2. The minimum Gasteiger partial charge on any atom is -0.446 e. The first-order valence-corrected chi connectivity index (χ1v) is 9.02. The molecule has 3 rings (SSSR count). The molecule has 2 aromatic rings. The van der Waals surface area contributed by atoms with Gasteiger partial charge in [0.25, 0.3) is 0 Å². The maximum Gasteiger partial charge on any atom is 0.407 e. The van der Waals surface area contributed by atoms with E-state index in [-0.39, 0.29) is 17.7 Å². The number of rotatable bonds is 4. The highest BCUT2D eigenvalue weighted by Crippen LogP contribution is 2.36. The van der Waals surface area contributed by atoms with Crippen molar-refractivity contribution < 1.29 is 9.53 Å². The topological polar surface area (TPSA) is 91.9 Å². The minimum atomic E-state index is -0.345. The van der Waals surface area contributed by atoms with Crippen LogP contribution in [0, 0.1) is 6.92 Å². The van der Waals surface area contributed by atoms with Gasteiger partial charge in [-0.25, -0.2) is 4.79 Å². The van der Waals surface area contributed by atoms with Crippen molar-refractivity contribution >= 4 is 17.6 Å². The van der Waals surface area contributed by atoms with E-state index in [1.54, 1.807) is 6.20 Å². The Balaban J connectivity index is 1.53. The van der Waals surface area contributed by atoms with Gasteiger partial charge in [0.2, 0.25) is 0 Å². The quantitative estimate of drug-likeness (QED) is 0.769. The number of ether oxygens (including phenoxy) is 1. The van der Waals surface area contributed by atoms with Gasteiger partial charge in [-0.2, -0.15) is 5.10 Å². The third-order valence-corrected chi connectivity index (χ3v) is 4.36. The Kier molecular flexibility index (Phi) is 5.15. The Hall–Kier alpha value is -2.57. The zero-order valence-electron chi connectivity index (χ0n) is 15.8. The fourth-order valence-corrected chi connectivity index (χ4v) is 3.12. The van der Waals surface area contributed by atoms with E-state index in [4.69, 9.17) is 4.74 Å². The summed E-state index contributed by atoms with van der Waals surface area (Å²) in [6.07, 6.45) is 4.04. The summed E-state index contributed by atoms with van der Waals surface area (Å²) in [6.45, 7) is 7.77. The first-order chi connectivity index (χ1) is 12.3. The van der Waals surface area contributed by atoms with Gasteiger partial charge in [-0.1, -0.05) is 0 Å². The summed E-state index contributed by atoms with van der Waals surface area (Å²) in [4.78, 5) is 16.2. The summed E-state index contributed by atoms with van der Waals surface area (Å²) in [5.74, 6) is 1.09. The van der Waals surface area contributed by atoms with Crippen LogP contribution in [0.3, 0.4) is 0 Å². The molecule has 0 aromatic carbocycles. The Morgan fingerprint density at radius 3 is 2.81 bits per heavy atom. The summed E-state index contributed by atoms with van der Waals surface area (Å²) >= 11 is 0. The van der Waals surface area contributed by atoms with Crippen molar-refractivity contribution in [3.63, 3.8) is 0 Å². The van der Waals surface area contributed by atoms with Crippen LogP contribution in [0.1, 0.15) is 57.3 Å². The molecule has 1 aliphatic carbocycles. The number of alkyl carbamates (subject to hydrolysis) is 1. The van der Waals surface area contributed by atoms with E-state index in [1.807, 2.05) is 45.9 Å². The first-order valence-electron chi connectivity index (χ1n) is 9.02. The van der Waals surface area contributed by atoms with E-state index < -0.39 is 0 Å². The summed E-state index contributed by atoms with van der Waals surface area (Å²) in [6, 6.07) is 5.95. The van der Waals surface area contributed by atoms with Crippen LogP contribution in [0.25, 0.3) is 0 Å². The fourth-order valence-electron chi connectivity index (χ4n) is 3.12. The average molecular weight is 357 g/mol. The number of pyridine rings is 1. The third kappa shape index (κ3) is 4.97. The molecule has 7 heteroatoms. The standard InChI is InChI=1S/C19H27N5O2/c1-12-5-7-14(11-20-12)21-17-10-16(23-24-17)13-6-8-15(9-13)26-18(25)22-19(2,3)4/h5,7,10-11,13,15H,6,8-9H2,1-4H3,(H,22,25)(H2,21,23,24)/t13-,15+/m0/s1. The molecule has 0 saturated heterocycles. The van der Waals surface area contributed by atoms with Gasteiger partial charge in [0.05, 0.1) is 11.9 Å². The van der Waals surface area contributed by atoms with Crippen LogP contribution in [-0.2, 0) is 4.74 Å². The van der Waals surface area contributed by atoms with Crippen molar-refractivity contribution in [1.29, 1.82) is 0 Å². The molecule has 1 saturated carbocycles. The highest BCUT2D eigenvalue weighted by molar-refractivity contribution is 5.68. The molecule has 1 amide bonds. The largest absolute Gasteiger partial charge is 0.446 e. The monoisotopic (exact) mass is 357 g/mol. The Morgan fingerprint density at radius 1 is 1.31 bits per heavy atom. The maximum atomic E-state index is 11.9. The molecule has 0 aliphatic heterocycles. The lowest BCUT2D eigenvalue weighted by Crippen LogP contribution is -2.42. The second-order valence-corrected chi connectivity index (χ2v) is 7.93. The van der Waals surface area contributed by atoms with Gasteiger partial charge in [-0.15, -0.1) is 0 Å². The maximum absolute atomic E-state index is 11.9. The van der Waals surface area contributed by atoms with Crippen molar-refractivity contribution in [2.75, 3.05) is 5.32 Å². The summed E-state index contributed by atoms with van der Waals surface area (Å²) in [5.41, 5.74) is 2.66. The molecule has 140 valence electrons. The normalized spacial score (nSPS) is 20.0. The molecule has 7 nitrogen and oxygen atoms in total. The second kappa shape index (κ2) is 7.35. The number of nitrogens with zero attached hydrogens (tertiary/aromatic N) is 2. The van der Waals surface area contributed by atoms with Crippen molar-refractivity contribution in [1.82, 2.24) is 20.5 Å². The van der Waals surface area contributed by atoms with E-state index in [0.717, 1.165) is 42.2 Å². The van der Waals surface area contributed by atoms with Crippen molar-refractivity contribution in [2.24, 2.45) is 0 Å². The van der Waals surface area contributed by atoms with Gasteiger partial charge in [0, 0.05) is 28.9 Å². The number of amides is 1. The van der Waals surface area contributed by atoms with E-state index >= 15 is 0 Å². The number of hydrogen-bond acceptors (Lipinski definition) is 5. The molecule has 1 fully saturated rings. The second-order valence-electron chi connectivity index (χ2n) is 7.93. The number of carbonyl (C=O) groups is 1. The highest BCUT2D eigenvalue weighted by atomic mass is 16.6. The molecule has 26 heavy (non-hydrogen) atoms. The van der Waals surface area contributed by atoms with Crippen LogP contribution in [0.2, 0.25) is 0 Å². The molecule has 0 radical (unpaired) electrons. The average Bonchev–Trinajstić information content (AvgIpc) is 3.17. The highest BCUT2D eigenvalue weighted by Gasteiger charge is 2.30. The zero-order valence-corrected chi connectivity index (χ0v) is 15.8. The molecule has 2 aromatic heterocycles. The van der Waals surface area contributed by atoms with E-state index in [1.165, 1.54) is 0 Å². The molecular weight excluding hydrogens is 330 g/mol. The van der Waals surface area contributed by atoms with Crippen LogP contribution in [0.4, 0.5) is 16.3 Å². The Labute approximate surface area is 153 Å². The molecule has 0 spiro atoms. The Morgan fingerprint density at radius 2 is 2.12 bits per heavy atom. The molecule has 0 bridgehead atoms. The van der Waals surface area contributed by atoms with Gasteiger partial charge < -0.3 is 15.4 Å². The predicted molar refractivity (Wildman–Crippen MR) is 101 cm³/mol. The molecule has 1 aliphatic rings. The van der Waals surface area contributed by atoms with Crippen LogP contribution < -0.4 is 10.6 Å².